The molecule has 0 heterocycles. The topological polar surface area (TPSA) is 46.2 Å². The Balaban J connectivity index is 2.49. The molecule has 15 heavy (non-hydrogen) atoms. The van der Waals surface area contributed by atoms with Crippen molar-refractivity contribution in [2.75, 3.05) is 0 Å². The normalized spacial score (nSPS) is 23.4. The molecule has 0 aromatic rings. The Hall–Kier alpha value is -0.860. The molecule has 1 fully saturated rings. The average molecular weight is 211 g/mol. The predicted octanol–water partition coefficient (Wildman–Crippen LogP) is 2.05. The van der Waals surface area contributed by atoms with Gasteiger partial charge in [-0.2, -0.15) is 0 Å². The highest BCUT2D eigenvalue weighted by molar-refractivity contribution is 5.82. The summed E-state index contributed by atoms with van der Waals surface area (Å²) in [7, 11) is 0. The standard InChI is InChI=1S/C12H21NO2/c1-12(2,3)13-11(15)9-5-4-6-10(14)8-7-9/h9H,4-8H2,1-3H3,(H,13,15). The van der Waals surface area contributed by atoms with E-state index < -0.39 is 0 Å². The SMILES string of the molecule is CC(C)(C)NC(=O)C1CCCC(=O)CC1. The fraction of sp³-hybridized carbons (Fsp3) is 0.833. The van der Waals surface area contributed by atoms with Crippen LogP contribution in [0.5, 0.6) is 0 Å². The van der Waals surface area contributed by atoms with Gasteiger partial charge < -0.3 is 5.32 Å². The monoisotopic (exact) mass is 211 g/mol. The van der Waals surface area contributed by atoms with E-state index in [1.54, 1.807) is 0 Å². The molecular weight excluding hydrogens is 190 g/mol. The van der Waals surface area contributed by atoms with Gasteiger partial charge >= 0.3 is 0 Å². The highest BCUT2D eigenvalue weighted by Crippen LogP contribution is 2.21. The van der Waals surface area contributed by atoms with E-state index in [4.69, 9.17) is 0 Å². The lowest BCUT2D eigenvalue weighted by Crippen LogP contribution is -2.43. The molecule has 0 aliphatic heterocycles. The number of carbonyl (C=O) groups excluding carboxylic acids is 2. The van der Waals surface area contributed by atoms with E-state index in [1.807, 2.05) is 20.8 Å². The first-order valence-corrected chi connectivity index (χ1v) is 5.72. The number of ketones is 1. The van der Waals surface area contributed by atoms with Gasteiger partial charge in [-0.1, -0.05) is 0 Å². The zero-order valence-corrected chi connectivity index (χ0v) is 9.93. The molecule has 0 bridgehead atoms. The third-order valence-corrected chi connectivity index (χ3v) is 2.65. The summed E-state index contributed by atoms with van der Waals surface area (Å²) in [5.41, 5.74) is -0.173. The second-order valence-electron chi connectivity index (χ2n) is 5.41. The van der Waals surface area contributed by atoms with Gasteiger partial charge in [-0.05, 0) is 40.0 Å². The van der Waals surface area contributed by atoms with Crippen LogP contribution in [-0.4, -0.2) is 17.2 Å². The van der Waals surface area contributed by atoms with Crippen LogP contribution in [0, 0.1) is 5.92 Å². The predicted molar refractivity (Wildman–Crippen MR) is 59.5 cm³/mol. The Labute approximate surface area is 91.6 Å². The van der Waals surface area contributed by atoms with E-state index in [0.29, 0.717) is 18.6 Å². The molecule has 0 aromatic heterocycles. The number of amides is 1. The summed E-state index contributed by atoms with van der Waals surface area (Å²) in [4.78, 5) is 23.1. The molecule has 0 radical (unpaired) electrons. The van der Waals surface area contributed by atoms with Gasteiger partial charge in [0.05, 0.1) is 0 Å². The highest BCUT2D eigenvalue weighted by atomic mass is 16.2. The Bertz CT molecular complexity index is 253. The van der Waals surface area contributed by atoms with Crippen molar-refractivity contribution in [2.45, 2.75) is 58.4 Å². The molecule has 1 N–H and O–H groups in total. The van der Waals surface area contributed by atoms with Crippen molar-refractivity contribution in [3.05, 3.63) is 0 Å². The molecule has 0 aromatic carbocycles. The van der Waals surface area contributed by atoms with Crippen molar-refractivity contribution >= 4 is 11.7 Å². The summed E-state index contributed by atoms with van der Waals surface area (Å²) in [6.07, 6.45) is 3.66. The lowest BCUT2D eigenvalue weighted by atomic mass is 9.97. The van der Waals surface area contributed by atoms with Crippen molar-refractivity contribution in [1.29, 1.82) is 0 Å². The third kappa shape index (κ3) is 4.45. The van der Waals surface area contributed by atoms with Crippen LogP contribution in [0.3, 0.4) is 0 Å². The number of hydrogen-bond donors (Lipinski definition) is 1. The molecule has 3 nitrogen and oxygen atoms in total. The molecule has 86 valence electrons. The Morgan fingerprint density at radius 1 is 1.27 bits per heavy atom. The fourth-order valence-electron chi connectivity index (χ4n) is 1.88. The van der Waals surface area contributed by atoms with E-state index in [0.717, 1.165) is 19.3 Å². The lowest BCUT2D eigenvalue weighted by Gasteiger charge is -2.24. The maximum atomic E-state index is 11.9. The van der Waals surface area contributed by atoms with Crippen molar-refractivity contribution in [2.24, 2.45) is 5.92 Å². The highest BCUT2D eigenvalue weighted by Gasteiger charge is 2.25. The first-order valence-electron chi connectivity index (χ1n) is 5.72. The van der Waals surface area contributed by atoms with Crippen molar-refractivity contribution in [1.82, 2.24) is 5.32 Å². The van der Waals surface area contributed by atoms with Crippen LogP contribution in [0.15, 0.2) is 0 Å². The first kappa shape index (κ1) is 12.2. The quantitative estimate of drug-likeness (QED) is 0.675. The molecular formula is C12H21NO2. The third-order valence-electron chi connectivity index (χ3n) is 2.65. The molecule has 1 saturated carbocycles. The van der Waals surface area contributed by atoms with Gasteiger partial charge in [0.15, 0.2) is 0 Å². The van der Waals surface area contributed by atoms with Gasteiger partial charge in [0.2, 0.25) is 5.91 Å². The number of Topliss-reactive ketones (excluding diaryl/α,β-unsaturated/α-hetero) is 1. The Morgan fingerprint density at radius 2 is 1.93 bits per heavy atom. The zero-order chi connectivity index (χ0) is 11.5. The fourth-order valence-corrected chi connectivity index (χ4v) is 1.88. The maximum Gasteiger partial charge on any atom is 0.223 e. The lowest BCUT2D eigenvalue weighted by molar-refractivity contribution is -0.126. The molecule has 1 aliphatic carbocycles. The molecule has 3 heteroatoms. The summed E-state index contributed by atoms with van der Waals surface area (Å²) in [5, 5.41) is 2.98. The molecule has 1 rings (SSSR count). The van der Waals surface area contributed by atoms with Crippen LogP contribution in [-0.2, 0) is 9.59 Å². The van der Waals surface area contributed by atoms with E-state index in [9.17, 15) is 9.59 Å². The van der Waals surface area contributed by atoms with E-state index in [2.05, 4.69) is 5.32 Å². The molecule has 0 saturated heterocycles. The van der Waals surface area contributed by atoms with E-state index >= 15 is 0 Å². The van der Waals surface area contributed by atoms with Gasteiger partial charge in [0, 0.05) is 24.3 Å². The molecule has 1 unspecified atom stereocenters. The number of nitrogens with one attached hydrogen (secondary N) is 1. The van der Waals surface area contributed by atoms with Crippen LogP contribution in [0.4, 0.5) is 0 Å². The van der Waals surface area contributed by atoms with E-state index in [-0.39, 0.29) is 17.4 Å². The minimum absolute atomic E-state index is 0.0377. The molecule has 1 aliphatic rings. The summed E-state index contributed by atoms with van der Waals surface area (Å²) < 4.78 is 0. The Kier molecular flexibility index (Phi) is 3.89. The number of carbonyl (C=O) groups is 2. The van der Waals surface area contributed by atoms with Crippen LogP contribution in [0.25, 0.3) is 0 Å². The van der Waals surface area contributed by atoms with Crippen molar-refractivity contribution in [3.63, 3.8) is 0 Å². The van der Waals surface area contributed by atoms with Crippen molar-refractivity contribution < 1.29 is 9.59 Å². The maximum absolute atomic E-state index is 11.9. The van der Waals surface area contributed by atoms with Crippen molar-refractivity contribution in [3.8, 4) is 0 Å². The van der Waals surface area contributed by atoms with Gasteiger partial charge in [-0.3, -0.25) is 9.59 Å². The largest absolute Gasteiger partial charge is 0.351 e. The number of hydrogen-bond acceptors (Lipinski definition) is 2. The average Bonchev–Trinajstić information content (AvgIpc) is 2.26. The van der Waals surface area contributed by atoms with Gasteiger partial charge in [-0.25, -0.2) is 0 Å². The summed E-state index contributed by atoms with van der Waals surface area (Å²) in [5.74, 6) is 0.453. The zero-order valence-electron chi connectivity index (χ0n) is 9.93. The molecule has 1 atom stereocenters. The van der Waals surface area contributed by atoms with Crippen LogP contribution in [0.2, 0.25) is 0 Å². The van der Waals surface area contributed by atoms with Crippen LogP contribution < -0.4 is 5.32 Å². The molecule has 1 amide bonds. The minimum atomic E-state index is -0.173. The number of rotatable bonds is 1. The van der Waals surface area contributed by atoms with Crippen LogP contribution >= 0.6 is 0 Å². The van der Waals surface area contributed by atoms with Gasteiger partial charge in [0.1, 0.15) is 5.78 Å². The minimum Gasteiger partial charge on any atom is -0.351 e. The second-order valence-corrected chi connectivity index (χ2v) is 5.41. The smallest absolute Gasteiger partial charge is 0.223 e. The van der Waals surface area contributed by atoms with E-state index in [1.165, 1.54) is 0 Å². The van der Waals surface area contributed by atoms with Crippen LogP contribution in [0.1, 0.15) is 52.9 Å². The van der Waals surface area contributed by atoms with Gasteiger partial charge in [-0.15, -0.1) is 0 Å². The van der Waals surface area contributed by atoms with Gasteiger partial charge in [0.25, 0.3) is 0 Å². The summed E-state index contributed by atoms with van der Waals surface area (Å²) in [6, 6.07) is 0. The second kappa shape index (κ2) is 4.77. The first-order chi connectivity index (χ1) is 6.88. The summed E-state index contributed by atoms with van der Waals surface area (Å²) >= 11 is 0. The summed E-state index contributed by atoms with van der Waals surface area (Å²) in [6.45, 7) is 5.94. The Morgan fingerprint density at radius 3 is 2.53 bits per heavy atom. The molecule has 0 spiro atoms.